The normalized spacial score (nSPS) is 13.2. The zero-order valence-corrected chi connectivity index (χ0v) is 14.7. The van der Waals surface area contributed by atoms with Crippen molar-refractivity contribution in [3.05, 3.63) is 34.4 Å². The SMILES string of the molecule is CN(C)CCCNC(=O)COc1ccc2nc3n(c(=O)c2c1)CCC3. The maximum Gasteiger partial charge on any atom is 0.261 e. The van der Waals surface area contributed by atoms with E-state index in [1.54, 1.807) is 22.8 Å². The summed E-state index contributed by atoms with van der Waals surface area (Å²) in [5.74, 6) is 1.19. The zero-order chi connectivity index (χ0) is 17.8. The minimum atomic E-state index is -0.164. The number of rotatable bonds is 7. The molecule has 134 valence electrons. The molecule has 2 aromatic rings. The minimum absolute atomic E-state index is 0.0314. The summed E-state index contributed by atoms with van der Waals surface area (Å²) in [4.78, 5) is 31.0. The lowest BCUT2D eigenvalue weighted by Gasteiger charge is -2.11. The second kappa shape index (κ2) is 7.65. The van der Waals surface area contributed by atoms with Gasteiger partial charge in [0, 0.05) is 19.5 Å². The molecule has 1 aromatic carbocycles. The Morgan fingerprint density at radius 2 is 2.24 bits per heavy atom. The van der Waals surface area contributed by atoms with Crippen molar-refractivity contribution in [2.75, 3.05) is 33.8 Å². The molecule has 0 radical (unpaired) electrons. The summed E-state index contributed by atoms with van der Waals surface area (Å²) in [7, 11) is 3.99. The molecule has 1 aliphatic rings. The largest absolute Gasteiger partial charge is 0.484 e. The van der Waals surface area contributed by atoms with Gasteiger partial charge >= 0.3 is 0 Å². The third-order valence-electron chi connectivity index (χ3n) is 4.26. The molecule has 2 heterocycles. The number of carbonyl (C=O) groups excluding carboxylic acids is 1. The lowest BCUT2D eigenvalue weighted by atomic mass is 10.2. The van der Waals surface area contributed by atoms with E-state index in [0.717, 1.165) is 38.2 Å². The van der Waals surface area contributed by atoms with Crippen LogP contribution >= 0.6 is 0 Å². The predicted octanol–water partition coefficient (Wildman–Crippen LogP) is 0.789. The van der Waals surface area contributed by atoms with Gasteiger partial charge in [0.25, 0.3) is 11.5 Å². The fraction of sp³-hybridized carbons (Fsp3) is 0.500. The summed E-state index contributed by atoms with van der Waals surface area (Å²) in [6.07, 6.45) is 2.69. The molecule has 0 unspecified atom stereocenters. The van der Waals surface area contributed by atoms with E-state index >= 15 is 0 Å². The van der Waals surface area contributed by atoms with Crippen LogP contribution in [0.4, 0.5) is 0 Å². The highest BCUT2D eigenvalue weighted by atomic mass is 16.5. The van der Waals surface area contributed by atoms with E-state index in [0.29, 0.717) is 23.2 Å². The second-order valence-corrected chi connectivity index (χ2v) is 6.56. The van der Waals surface area contributed by atoms with Crippen molar-refractivity contribution < 1.29 is 9.53 Å². The molecule has 7 nitrogen and oxygen atoms in total. The lowest BCUT2D eigenvalue weighted by Crippen LogP contribution is -2.31. The van der Waals surface area contributed by atoms with Crippen LogP contribution < -0.4 is 15.6 Å². The highest BCUT2D eigenvalue weighted by Gasteiger charge is 2.16. The first-order valence-electron chi connectivity index (χ1n) is 8.62. The topological polar surface area (TPSA) is 76.5 Å². The standard InChI is InChI=1S/C18H24N4O3/c1-21(2)9-4-8-19-17(23)12-25-13-6-7-15-14(11-13)18(24)22-10-3-5-16(22)20-15/h6-7,11H,3-5,8-10,12H2,1-2H3,(H,19,23). The maximum atomic E-state index is 12.5. The zero-order valence-electron chi connectivity index (χ0n) is 14.7. The van der Waals surface area contributed by atoms with Crippen LogP contribution in [0.25, 0.3) is 10.9 Å². The van der Waals surface area contributed by atoms with E-state index in [-0.39, 0.29) is 18.1 Å². The molecular formula is C18H24N4O3. The molecule has 1 amide bonds. The van der Waals surface area contributed by atoms with Crippen molar-refractivity contribution in [3.8, 4) is 5.75 Å². The monoisotopic (exact) mass is 344 g/mol. The molecule has 0 fully saturated rings. The van der Waals surface area contributed by atoms with Gasteiger partial charge in [-0.15, -0.1) is 0 Å². The number of benzene rings is 1. The average molecular weight is 344 g/mol. The van der Waals surface area contributed by atoms with Gasteiger partial charge in [-0.1, -0.05) is 0 Å². The van der Waals surface area contributed by atoms with Gasteiger partial charge in [-0.3, -0.25) is 14.2 Å². The molecule has 1 aliphatic heterocycles. The van der Waals surface area contributed by atoms with Gasteiger partial charge in [0.1, 0.15) is 11.6 Å². The first kappa shape index (κ1) is 17.4. The molecule has 1 aromatic heterocycles. The molecule has 0 spiro atoms. The van der Waals surface area contributed by atoms with Crippen molar-refractivity contribution in [1.82, 2.24) is 19.8 Å². The van der Waals surface area contributed by atoms with E-state index in [1.165, 1.54) is 0 Å². The Balaban J connectivity index is 1.61. The van der Waals surface area contributed by atoms with Gasteiger partial charge in [-0.05, 0) is 51.7 Å². The molecule has 0 atom stereocenters. The molecule has 0 saturated carbocycles. The number of nitrogens with one attached hydrogen (secondary N) is 1. The molecule has 3 rings (SSSR count). The third-order valence-corrected chi connectivity index (χ3v) is 4.26. The van der Waals surface area contributed by atoms with E-state index in [1.807, 2.05) is 14.1 Å². The summed E-state index contributed by atoms with van der Waals surface area (Å²) in [6.45, 7) is 2.20. The van der Waals surface area contributed by atoms with Gasteiger partial charge in [0.2, 0.25) is 0 Å². The number of fused-ring (bicyclic) bond motifs is 2. The number of aromatic nitrogens is 2. The summed E-state index contributed by atoms with van der Waals surface area (Å²) in [5.41, 5.74) is 0.648. The average Bonchev–Trinajstić information content (AvgIpc) is 3.06. The highest BCUT2D eigenvalue weighted by Crippen LogP contribution is 2.19. The predicted molar refractivity (Wildman–Crippen MR) is 96.0 cm³/mol. The van der Waals surface area contributed by atoms with Crippen LogP contribution in [-0.2, 0) is 17.8 Å². The number of aryl methyl sites for hydroxylation is 1. The molecule has 25 heavy (non-hydrogen) atoms. The van der Waals surface area contributed by atoms with Gasteiger partial charge in [-0.2, -0.15) is 0 Å². The summed E-state index contributed by atoms with van der Waals surface area (Å²) in [5, 5.41) is 3.36. The smallest absolute Gasteiger partial charge is 0.261 e. The van der Waals surface area contributed by atoms with E-state index < -0.39 is 0 Å². The Morgan fingerprint density at radius 3 is 3.04 bits per heavy atom. The van der Waals surface area contributed by atoms with Crippen LogP contribution in [0.1, 0.15) is 18.7 Å². The Labute approximate surface area is 146 Å². The Bertz CT molecular complexity index is 829. The number of ether oxygens (including phenoxy) is 1. The summed E-state index contributed by atoms with van der Waals surface area (Å²) in [6, 6.07) is 5.20. The van der Waals surface area contributed by atoms with Crippen LogP contribution in [0.2, 0.25) is 0 Å². The van der Waals surface area contributed by atoms with Crippen LogP contribution in [-0.4, -0.2) is 54.1 Å². The van der Waals surface area contributed by atoms with Crippen LogP contribution in [0, 0.1) is 0 Å². The van der Waals surface area contributed by atoms with Crippen LogP contribution in [0.5, 0.6) is 5.75 Å². The van der Waals surface area contributed by atoms with E-state index in [9.17, 15) is 9.59 Å². The fourth-order valence-corrected chi connectivity index (χ4v) is 2.98. The molecule has 0 bridgehead atoms. The van der Waals surface area contributed by atoms with E-state index in [4.69, 9.17) is 4.74 Å². The Morgan fingerprint density at radius 1 is 1.40 bits per heavy atom. The van der Waals surface area contributed by atoms with Crippen molar-refractivity contribution in [2.45, 2.75) is 25.8 Å². The number of amides is 1. The molecule has 1 N–H and O–H groups in total. The molecule has 0 aliphatic carbocycles. The molecular weight excluding hydrogens is 320 g/mol. The molecule has 0 saturated heterocycles. The first-order valence-corrected chi connectivity index (χ1v) is 8.62. The Kier molecular flexibility index (Phi) is 5.33. The fourth-order valence-electron chi connectivity index (χ4n) is 2.98. The van der Waals surface area contributed by atoms with Gasteiger partial charge in [0.05, 0.1) is 10.9 Å². The van der Waals surface area contributed by atoms with Crippen LogP contribution in [0.15, 0.2) is 23.0 Å². The second-order valence-electron chi connectivity index (χ2n) is 6.56. The number of hydrogen-bond acceptors (Lipinski definition) is 5. The van der Waals surface area contributed by atoms with Gasteiger partial charge < -0.3 is 15.0 Å². The van der Waals surface area contributed by atoms with Crippen molar-refractivity contribution in [2.24, 2.45) is 0 Å². The first-order chi connectivity index (χ1) is 12.0. The van der Waals surface area contributed by atoms with Gasteiger partial charge in [-0.25, -0.2) is 4.98 Å². The minimum Gasteiger partial charge on any atom is -0.484 e. The quantitative estimate of drug-likeness (QED) is 0.752. The van der Waals surface area contributed by atoms with Crippen LogP contribution in [0.3, 0.4) is 0 Å². The summed E-state index contributed by atoms with van der Waals surface area (Å²) < 4.78 is 7.26. The number of carbonyl (C=O) groups is 1. The lowest BCUT2D eigenvalue weighted by molar-refractivity contribution is -0.123. The van der Waals surface area contributed by atoms with Crippen molar-refractivity contribution in [1.29, 1.82) is 0 Å². The maximum absolute atomic E-state index is 12.5. The molecule has 7 heteroatoms. The third kappa shape index (κ3) is 4.17. The van der Waals surface area contributed by atoms with Gasteiger partial charge in [0.15, 0.2) is 6.61 Å². The summed E-state index contributed by atoms with van der Waals surface area (Å²) >= 11 is 0. The highest BCUT2D eigenvalue weighted by molar-refractivity contribution is 5.80. The Hall–Kier alpha value is -2.41. The number of nitrogens with zero attached hydrogens (tertiary/aromatic N) is 3. The van der Waals surface area contributed by atoms with Crippen molar-refractivity contribution in [3.63, 3.8) is 0 Å². The van der Waals surface area contributed by atoms with E-state index in [2.05, 4.69) is 15.2 Å². The number of hydrogen-bond donors (Lipinski definition) is 1. The van der Waals surface area contributed by atoms with Crippen molar-refractivity contribution >= 4 is 16.8 Å².